The van der Waals surface area contributed by atoms with Crippen LogP contribution in [0.5, 0.6) is 0 Å². The maximum absolute atomic E-state index is 5.34. The third-order valence-corrected chi connectivity index (χ3v) is 4.47. The lowest BCUT2D eigenvalue weighted by molar-refractivity contribution is 0.267. The molecule has 1 fully saturated rings. The Bertz CT molecular complexity index is 577. The van der Waals surface area contributed by atoms with Crippen LogP contribution in [0, 0.1) is 5.41 Å². The molecule has 1 saturated carbocycles. The average molecular weight is 285 g/mol. The van der Waals surface area contributed by atoms with Crippen molar-refractivity contribution in [2.24, 2.45) is 5.41 Å². The van der Waals surface area contributed by atoms with Crippen LogP contribution in [0.25, 0.3) is 0 Å². The molecular formula is C17H23N3O. The summed E-state index contributed by atoms with van der Waals surface area (Å²) < 4.78 is 5.34. The number of hydrogen-bond acceptors (Lipinski definition) is 4. The number of nitrogens with zero attached hydrogens (tertiary/aromatic N) is 2. The zero-order valence-electron chi connectivity index (χ0n) is 12.8. The SMILES string of the molecule is CC1(C)CCCC1NCc1nc(Cc2ccccc2)no1. The lowest BCUT2D eigenvalue weighted by atomic mass is 9.87. The van der Waals surface area contributed by atoms with Crippen LogP contribution in [0.3, 0.4) is 0 Å². The van der Waals surface area contributed by atoms with E-state index in [1.54, 1.807) is 0 Å². The molecule has 21 heavy (non-hydrogen) atoms. The summed E-state index contributed by atoms with van der Waals surface area (Å²) in [6.45, 7) is 5.31. The first-order valence-electron chi connectivity index (χ1n) is 7.72. The molecule has 2 aromatic rings. The summed E-state index contributed by atoms with van der Waals surface area (Å²) in [6.07, 6.45) is 4.54. The fourth-order valence-corrected chi connectivity index (χ4v) is 3.13. The summed E-state index contributed by atoms with van der Waals surface area (Å²) in [4.78, 5) is 4.47. The molecule has 1 N–H and O–H groups in total. The molecule has 0 amide bonds. The van der Waals surface area contributed by atoms with Gasteiger partial charge in [-0.05, 0) is 23.8 Å². The van der Waals surface area contributed by atoms with Gasteiger partial charge in [0.1, 0.15) is 0 Å². The Morgan fingerprint density at radius 1 is 1.29 bits per heavy atom. The number of nitrogens with one attached hydrogen (secondary N) is 1. The number of hydrogen-bond donors (Lipinski definition) is 1. The summed E-state index contributed by atoms with van der Waals surface area (Å²) in [5, 5.41) is 7.64. The van der Waals surface area contributed by atoms with Gasteiger partial charge in [0.15, 0.2) is 5.82 Å². The van der Waals surface area contributed by atoms with Crippen LogP contribution in [0.4, 0.5) is 0 Å². The van der Waals surface area contributed by atoms with E-state index in [4.69, 9.17) is 4.52 Å². The normalized spacial score (nSPS) is 20.8. The molecule has 1 atom stereocenters. The Hall–Kier alpha value is -1.68. The Labute approximate surface area is 126 Å². The fraction of sp³-hybridized carbons (Fsp3) is 0.529. The van der Waals surface area contributed by atoms with Crippen LogP contribution in [0.15, 0.2) is 34.9 Å². The second kappa shape index (κ2) is 5.98. The summed E-state index contributed by atoms with van der Waals surface area (Å²) in [6, 6.07) is 10.8. The van der Waals surface area contributed by atoms with Crippen molar-refractivity contribution in [2.75, 3.05) is 0 Å². The van der Waals surface area contributed by atoms with Crippen molar-refractivity contribution in [3.8, 4) is 0 Å². The first kappa shape index (κ1) is 14.3. The van der Waals surface area contributed by atoms with Gasteiger partial charge in [-0.25, -0.2) is 0 Å². The second-order valence-electron chi connectivity index (χ2n) is 6.58. The minimum atomic E-state index is 0.368. The van der Waals surface area contributed by atoms with Crippen LogP contribution in [-0.4, -0.2) is 16.2 Å². The standard InChI is InChI=1S/C17H23N3O/c1-17(2)10-6-9-14(17)18-12-16-19-15(20-21-16)11-13-7-4-3-5-8-13/h3-5,7-8,14,18H,6,9-12H2,1-2H3. The largest absolute Gasteiger partial charge is 0.338 e. The van der Waals surface area contributed by atoms with Gasteiger partial charge in [-0.3, -0.25) is 0 Å². The highest BCUT2D eigenvalue weighted by Gasteiger charge is 2.34. The Kier molecular flexibility index (Phi) is 4.06. The first-order chi connectivity index (χ1) is 10.1. The van der Waals surface area contributed by atoms with Crippen LogP contribution < -0.4 is 5.32 Å². The van der Waals surface area contributed by atoms with Crippen LogP contribution in [0.2, 0.25) is 0 Å². The molecule has 1 aliphatic carbocycles. The van der Waals surface area contributed by atoms with Gasteiger partial charge >= 0.3 is 0 Å². The molecule has 0 aliphatic heterocycles. The predicted molar refractivity (Wildman–Crippen MR) is 81.8 cm³/mol. The molecule has 3 rings (SSSR count). The van der Waals surface area contributed by atoms with Gasteiger partial charge < -0.3 is 9.84 Å². The van der Waals surface area contributed by atoms with Crippen LogP contribution >= 0.6 is 0 Å². The predicted octanol–water partition coefficient (Wildman–Crippen LogP) is 3.33. The van der Waals surface area contributed by atoms with Crippen molar-refractivity contribution < 1.29 is 4.52 Å². The molecule has 1 aromatic heterocycles. The van der Waals surface area contributed by atoms with Gasteiger partial charge in [0, 0.05) is 12.5 Å². The average Bonchev–Trinajstić information content (AvgIpc) is 3.04. The van der Waals surface area contributed by atoms with Crippen molar-refractivity contribution >= 4 is 0 Å². The molecule has 0 radical (unpaired) electrons. The van der Waals surface area contributed by atoms with Gasteiger partial charge in [0.05, 0.1) is 6.54 Å². The lowest BCUT2D eigenvalue weighted by Gasteiger charge is -2.27. The number of rotatable bonds is 5. The van der Waals surface area contributed by atoms with E-state index >= 15 is 0 Å². The third-order valence-electron chi connectivity index (χ3n) is 4.47. The fourth-order valence-electron chi connectivity index (χ4n) is 3.13. The molecule has 1 aromatic carbocycles. The van der Waals surface area contributed by atoms with E-state index in [1.165, 1.54) is 24.8 Å². The lowest BCUT2D eigenvalue weighted by Crippen LogP contribution is -2.37. The molecule has 0 bridgehead atoms. The van der Waals surface area contributed by atoms with Crippen LogP contribution in [0.1, 0.15) is 50.4 Å². The van der Waals surface area contributed by atoms with E-state index in [-0.39, 0.29) is 0 Å². The van der Waals surface area contributed by atoms with Crippen molar-refractivity contribution in [3.05, 3.63) is 47.6 Å². The van der Waals surface area contributed by atoms with Gasteiger partial charge in [0.25, 0.3) is 0 Å². The monoisotopic (exact) mass is 285 g/mol. The second-order valence-corrected chi connectivity index (χ2v) is 6.58. The highest BCUT2D eigenvalue weighted by molar-refractivity contribution is 5.18. The van der Waals surface area contributed by atoms with E-state index < -0.39 is 0 Å². The zero-order chi connectivity index (χ0) is 14.7. The Morgan fingerprint density at radius 2 is 2.10 bits per heavy atom. The van der Waals surface area contributed by atoms with E-state index in [0.29, 0.717) is 23.9 Å². The topological polar surface area (TPSA) is 51.0 Å². The quantitative estimate of drug-likeness (QED) is 0.915. The zero-order valence-corrected chi connectivity index (χ0v) is 12.8. The molecule has 0 spiro atoms. The molecule has 4 heteroatoms. The van der Waals surface area contributed by atoms with Gasteiger partial charge in [-0.1, -0.05) is 55.8 Å². The molecular weight excluding hydrogens is 262 g/mol. The summed E-state index contributed by atoms with van der Waals surface area (Å²) >= 11 is 0. The van der Waals surface area contributed by atoms with E-state index in [1.807, 2.05) is 18.2 Å². The number of benzene rings is 1. The smallest absolute Gasteiger partial charge is 0.240 e. The highest BCUT2D eigenvalue weighted by Crippen LogP contribution is 2.37. The summed E-state index contributed by atoms with van der Waals surface area (Å²) in [5.41, 5.74) is 1.57. The van der Waals surface area contributed by atoms with Crippen LogP contribution in [-0.2, 0) is 13.0 Å². The maximum atomic E-state index is 5.34. The number of aromatic nitrogens is 2. The molecule has 1 aliphatic rings. The van der Waals surface area contributed by atoms with Gasteiger partial charge in [-0.2, -0.15) is 4.98 Å². The molecule has 0 saturated heterocycles. The molecule has 112 valence electrons. The highest BCUT2D eigenvalue weighted by atomic mass is 16.5. The summed E-state index contributed by atoms with van der Waals surface area (Å²) in [7, 11) is 0. The molecule has 1 unspecified atom stereocenters. The summed E-state index contributed by atoms with van der Waals surface area (Å²) in [5.74, 6) is 1.44. The van der Waals surface area contributed by atoms with Crippen molar-refractivity contribution in [2.45, 2.75) is 52.1 Å². The van der Waals surface area contributed by atoms with E-state index in [9.17, 15) is 0 Å². The maximum Gasteiger partial charge on any atom is 0.240 e. The Balaban J connectivity index is 1.56. The molecule has 1 heterocycles. The first-order valence-corrected chi connectivity index (χ1v) is 7.72. The minimum Gasteiger partial charge on any atom is -0.338 e. The minimum absolute atomic E-state index is 0.368. The third kappa shape index (κ3) is 3.50. The Morgan fingerprint density at radius 3 is 2.81 bits per heavy atom. The van der Waals surface area contributed by atoms with Crippen molar-refractivity contribution in [1.29, 1.82) is 0 Å². The van der Waals surface area contributed by atoms with Gasteiger partial charge in [0.2, 0.25) is 5.89 Å². The van der Waals surface area contributed by atoms with Gasteiger partial charge in [-0.15, -0.1) is 0 Å². The van der Waals surface area contributed by atoms with E-state index in [2.05, 4.69) is 41.4 Å². The van der Waals surface area contributed by atoms with Crippen molar-refractivity contribution in [1.82, 2.24) is 15.5 Å². The molecule has 4 nitrogen and oxygen atoms in total. The van der Waals surface area contributed by atoms with E-state index in [0.717, 1.165) is 12.2 Å². The van der Waals surface area contributed by atoms with Crippen molar-refractivity contribution in [3.63, 3.8) is 0 Å².